The van der Waals surface area contributed by atoms with E-state index in [1.165, 1.54) is 27.8 Å². The zero-order valence-electron chi connectivity index (χ0n) is 11.9. The molecule has 18 heavy (non-hydrogen) atoms. The molecule has 1 aliphatic heterocycles. The molecule has 2 amide bonds. The Kier molecular flexibility index (Phi) is 3.33. The van der Waals surface area contributed by atoms with Gasteiger partial charge in [0.1, 0.15) is 0 Å². The molecule has 0 saturated carbocycles. The molecule has 1 aliphatic rings. The third-order valence-corrected chi connectivity index (χ3v) is 4.14. The first-order valence-corrected chi connectivity index (χ1v) is 6.58. The molecular weight excluding hydrogens is 224 g/mol. The summed E-state index contributed by atoms with van der Waals surface area (Å²) < 4.78 is 0. The summed E-state index contributed by atoms with van der Waals surface area (Å²) in [5, 5.41) is 3.09. The van der Waals surface area contributed by atoms with Gasteiger partial charge in [0.05, 0.1) is 6.04 Å². The fourth-order valence-electron chi connectivity index (χ4n) is 2.80. The van der Waals surface area contributed by atoms with Gasteiger partial charge in [-0.05, 0) is 62.4 Å². The highest BCUT2D eigenvalue weighted by molar-refractivity contribution is 5.77. The Morgan fingerprint density at radius 1 is 1.22 bits per heavy atom. The average molecular weight is 246 g/mol. The number of rotatable bonds is 2. The predicted molar refractivity (Wildman–Crippen MR) is 73.9 cm³/mol. The quantitative estimate of drug-likeness (QED) is 0.854. The van der Waals surface area contributed by atoms with Crippen LogP contribution in [0.25, 0.3) is 0 Å². The maximum absolute atomic E-state index is 11.8. The Labute approximate surface area is 109 Å². The van der Waals surface area contributed by atoms with Crippen LogP contribution in [0.15, 0.2) is 6.07 Å². The number of nitrogens with one attached hydrogen (secondary N) is 1. The van der Waals surface area contributed by atoms with Crippen molar-refractivity contribution in [2.45, 2.75) is 40.7 Å². The zero-order valence-corrected chi connectivity index (χ0v) is 11.9. The lowest BCUT2D eigenvalue weighted by molar-refractivity contribution is 0.219. The van der Waals surface area contributed by atoms with Crippen molar-refractivity contribution in [2.24, 2.45) is 0 Å². The second-order valence-corrected chi connectivity index (χ2v) is 5.21. The van der Waals surface area contributed by atoms with Crippen LogP contribution in [0.1, 0.15) is 40.8 Å². The number of nitrogens with zero attached hydrogens (tertiary/aromatic N) is 1. The largest absolute Gasteiger partial charge is 0.329 e. The predicted octanol–water partition coefficient (Wildman–Crippen LogP) is 3.01. The van der Waals surface area contributed by atoms with E-state index in [0.29, 0.717) is 0 Å². The Balaban J connectivity index is 2.44. The molecule has 1 unspecified atom stereocenters. The van der Waals surface area contributed by atoms with E-state index in [9.17, 15) is 4.79 Å². The molecular formula is C15H22N2O. The lowest BCUT2D eigenvalue weighted by Gasteiger charge is -2.20. The molecule has 1 atom stereocenters. The third kappa shape index (κ3) is 1.98. The van der Waals surface area contributed by atoms with Gasteiger partial charge in [-0.25, -0.2) is 4.79 Å². The van der Waals surface area contributed by atoms with Crippen molar-refractivity contribution in [3.8, 4) is 0 Å². The molecule has 98 valence electrons. The molecule has 1 heterocycles. The number of benzene rings is 1. The molecule has 3 nitrogen and oxygen atoms in total. The number of urea groups is 1. The maximum Gasteiger partial charge on any atom is 0.318 e. The number of carbonyl (C=O) groups excluding carboxylic acids is 1. The van der Waals surface area contributed by atoms with E-state index in [2.05, 4.69) is 39.1 Å². The average Bonchev–Trinajstić information content (AvgIpc) is 2.68. The van der Waals surface area contributed by atoms with Crippen molar-refractivity contribution >= 4 is 6.03 Å². The van der Waals surface area contributed by atoms with E-state index in [1.807, 2.05) is 11.8 Å². The second-order valence-electron chi connectivity index (χ2n) is 5.21. The highest BCUT2D eigenvalue weighted by Crippen LogP contribution is 2.30. The highest BCUT2D eigenvalue weighted by Gasteiger charge is 2.30. The molecule has 3 heteroatoms. The highest BCUT2D eigenvalue weighted by atomic mass is 16.2. The van der Waals surface area contributed by atoms with Crippen molar-refractivity contribution in [2.75, 3.05) is 13.1 Å². The van der Waals surface area contributed by atoms with Crippen LogP contribution in [0, 0.1) is 27.7 Å². The molecule has 0 aromatic heterocycles. The molecule has 1 fully saturated rings. The lowest BCUT2D eigenvalue weighted by atomic mass is 9.90. The molecule has 0 spiro atoms. The minimum atomic E-state index is 0.0560. The van der Waals surface area contributed by atoms with Crippen LogP contribution >= 0.6 is 0 Å². The fourth-order valence-corrected chi connectivity index (χ4v) is 2.80. The summed E-state index contributed by atoms with van der Waals surface area (Å²) in [5.74, 6) is 0. The van der Waals surface area contributed by atoms with E-state index in [0.717, 1.165) is 13.1 Å². The van der Waals surface area contributed by atoms with Crippen molar-refractivity contribution in [3.63, 3.8) is 0 Å². The van der Waals surface area contributed by atoms with E-state index < -0.39 is 0 Å². The first kappa shape index (κ1) is 12.9. The summed E-state index contributed by atoms with van der Waals surface area (Å²) >= 11 is 0. The van der Waals surface area contributed by atoms with Crippen LogP contribution in [0.4, 0.5) is 4.79 Å². The smallest absolute Gasteiger partial charge is 0.318 e. The monoisotopic (exact) mass is 246 g/mol. The van der Waals surface area contributed by atoms with Crippen molar-refractivity contribution in [1.29, 1.82) is 0 Å². The SMILES string of the molecule is CCN1CC(c2c(C)c(C)cc(C)c2C)NC1=O. The maximum atomic E-state index is 11.8. The zero-order chi connectivity index (χ0) is 13.4. The Bertz CT molecular complexity index is 468. The molecule has 1 saturated heterocycles. The molecule has 0 radical (unpaired) electrons. The van der Waals surface area contributed by atoms with Gasteiger partial charge in [-0.15, -0.1) is 0 Å². The number of likely N-dealkylation sites (N-methyl/N-ethyl adjacent to an activating group) is 1. The Morgan fingerprint density at radius 3 is 2.22 bits per heavy atom. The van der Waals surface area contributed by atoms with Crippen molar-refractivity contribution in [1.82, 2.24) is 10.2 Å². The number of carbonyl (C=O) groups is 1. The van der Waals surface area contributed by atoms with Gasteiger partial charge in [-0.3, -0.25) is 0 Å². The van der Waals surface area contributed by atoms with Crippen molar-refractivity contribution < 1.29 is 4.79 Å². The van der Waals surface area contributed by atoms with Gasteiger partial charge in [0, 0.05) is 13.1 Å². The summed E-state index contributed by atoms with van der Waals surface area (Å²) in [5.41, 5.74) is 6.52. The van der Waals surface area contributed by atoms with Gasteiger partial charge in [-0.2, -0.15) is 0 Å². The number of aryl methyl sites for hydroxylation is 2. The minimum absolute atomic E-state index is 0.0560. The van der Waals surface area contributed by atoms with Crippen molar-refractivity contribution in [3.05, 3.63) is 33.9 Å². The normalized spacial score (nSPS) is 19.3. The van der Waals surface area contributed by atoms with Gasteiger partial charge >= 0.3 is 6.03 Å². The van der Waals surface area contributed by atoms with Gasteiger partial charge in [-0.1, -0.05) is 6.07 Å². The minimum Gasteiger partial charge on any atom is -0.329 e. The Hall–Kier alpha value is -1.51. The van der Waals surface area contributed by atoms with Crippen LogP contribution in [-0.4, -0.2) is 24.0 Å². The first-order valence-electron chi connectivity index (χ1n) is 6.58. The standard InChI is InChI=1S/C15H22N2O/c1-6-17-8-13(16-15(17)18)14-11(4)9(2)7-10(3)12(14)5/h7,13H,6,8H2,1-5H3,(H,16,18). The van der Waals surface area contributed by atoms with Gasteiger partial charge < -0.3 is 10.2 Å². The topological polar surface area (TPSA) is 32.3 Å². The number of amides is 2. The lowest BCUT2D eigenvalue weighted by Crippen LogP contribution is -2.27. The number of hydrogen-bond acceptors (Lipinski definition) is 1. The summed E-state index contributed by atoms with van der Waals surface area (Å²) in [6.45, 7) is 12.1. The van der Waals surface area contributed by atoms with Crippen LogP contribution in [-0.2, 0) is 0 Å². The van der Waals surface area contributed by atoms with Gasteiger partial charge in [0.25, 0.3) is 0 Å². The van der Waals surface area contributed by atoms with Gasteiger partial charge in [0.15, 0.2) is 0 Å². The molecule has 2 rings (SSSR count). The van der Waals surface area contributed by atoms with E-state index in [1.54, 1.807) is 0 Å². The second kappa shape index (κ2) is 4.63. The van der Waals surface area contributed by atoms with Crippen LogP contribution in [0.5, 0.6) is 0 Å². The van der Waals surface area contributed by atoms with Crippen LogP contribution < -0.4 is 5.32 Å². The Morgan fingerprint density at radius 2 is 1.78 bits per heavy atom. The molecule has 0 bridgehead atoms. The molecule has 0 aliphatic carbocycles. The molecule has 1 N–H and O–H groups in total. The summed E-state index contributed by atoms with van der Waals surface area (Å²) in [6, 6.07) is 2.42. The summed E-state index contributed by atoms with van der Waals surface area (Å²) in [6.07, 6.45) is 0. The van der Waals surface area contributed by atoms with Gasteiger partial charge in [0.2, 0.25) is 0 Å². The van der Waals surface area contributed by atoms with E-state index in [-0.39, 0.29) is 12.1 Å². The molecule has 1 aromatic rings. The summed E-state index contributed by atoms with van der Waals surface area (Å²) in [7, 11) is 0. The molecule has 1 aromatic carbocycles. The van der Waals surface area contributed by atoms with Crippen LogP contribution in [0.3, 0.4) is 0 Å². The number of hydrogen-bond donors (Lipinski definition) is 1. The van der Waals surface area contributed by atoms with Crippen LogP contribution in [0.2, 0.25) is 0 Å². The van der Waals surface area contributed by atoms with E-state index in [4.69, 9.17) is 0 Å². The fraction of sp³-hybridized carbons (Fsp3) is 0.533. The van der Waals surface area contributed by atoms with E-state index >= 15 is 0 Å². The third-order valence-electron chi connectivity index (χ3n) is 4.14. The first-order chi connectivity index (χ1) is 8.45. The summed E-state index contributed by atoms with van der Waals surface area (Å²) in [4.78, 5) is 13.7.